The highest BCUT2D eigenvalue weighted by Gasteiger charge is 2.14. The van der Waals surface area contributed by atoms with Gasteiger partial charge in [0.15, 0.2) is 0 Å². The molecule has 3 N–H and O–H groups in total. The average Bonchev–Trinajstić information content (AvgIpc) is 2.99. The van der Waals surface area contributed by atoms with Gasteiger partial charge in [-0.1, -0.05) is 18.2 Å². The van der Waals surface area contributed by atoms with Gasteiger partial charge in [-0.05, 0) is 46.7 Å². The van der Waals surface area contributed by atoms with Crippen molar-refractivity contribution in [3.63, 3.8) is 0 Å². The first-order valence-corrected chi connectivity index (χ1v) is 8.45. The molecule has 5 heteroatoms. The number of thioether (sulfide) groups is 1. The van der Waals surface area contributed by atoms with Gasteiger partial charge in [0.1, 0.15) is 5.82 Å². The second kappa shape index (κ2) is 6.58. The van der Waals surface area contributed by atoms with Gasteiger partial charge in [0, 0.05) is 15.3 Å². The molecule has 3 rings (SSSR count). The highest BCUT2D eigenvalue weighted by atomic mass is 32.2. The Morgan fingerprint density at radius 1 is 1.14 bits per heavy atom. The molecule has 1 unspecified atom stereocenters. The maximum Gasteiger partial charge on any atom is 0.123 e. The topological polar surface area (TPSA) is 38.0 Å². The minimum absolute atomic E-state index is 0.0578. The summed E-state index contributed by atoms with van der Waals surface area (Å²) in [5.74, 6) is 6.31. The molecule has 2 nitrogen and oxygen atoms in total. The standard InChI is InChI=1S/C16H15FN2S2/c17-12-4-6-13(7-5-12)21-10-15(19-18)14-3-1-2-11-8-9-20-16(11)14/h1-9,15,19H,10,18H2. The van der Waals surface area contributed by atoms with E-state index in [4.69, 9.17) is 5.84 Å². The van der Waals surface area contributed by atoms with Gasteiger partial charge >= 0.3 is 0 Å². The lowest BCUT2D eigenvalue weighted by atomic mass is 10.1. The smallest absolute Gasteiger partial charge is 0.123 e. The Bertz CT molecular complexity index is 724. The van der Waals surface area contributed by atoms with Gasteiger partial charge in [-0.25, -0.2) is 4.39 Å². The molecular formula is C16H15FN2S2. The SMILES string of the molecule is NNC(CSc1ccc(F)cc1)c1cccc2ccsc12. The van der Waals surface area contributed by atoms with Gasteiger partial charge in [0.25, 0.3) is 0 Å². The molecule has 0 saturated carbocycles. The van der Waals surface area contributed by atoms with E-state index in [0.717, 1.165) is 10.6 Å². The lowest BCUT2D eigenvalue weighted by Gasteiger charge is -2.17. The number of rotatable bonds is 5. The third-order valence-electron chi connectivity index (χ3n) is 3.32. The second-order valence-corrected chi connectivity index (χ2v) is 6.68. The zero-order valence-electron chi connectivity index (χ0n) is 11.3. The Balaban J connectivity index is 1.79. The fourth-order valence-electron chi connectivity index (χ4n) is 2.23. The molecule has 1 atom stereocenters. The van der Waals surface area contributed by atoms with Crippen LogP contribution in [0.1, 0.15) is 11.6 Å². The summed E-state index contributed by atoms with van der Waals surface area (Å²) >= 11 is 3.39. The van der Waals surface area contributed by atoms with Gasteiger partial charge in [0.2, 0.25) is 0 Å². The van der Waals surface area contributed by atoms with E-state index in [2.05, 4.69) is 35.1 Å². The maximum absolute atomic E-state index is 12.9. The van der Waals surface area contributed by atoms with Crippen LogP contribution in [0.15, 0.2) is 58.8 Å². The molecule has 0 amide bonds. The van der Waals surface area contributed by atoms with Crippen LogP contribution in [-0.2, 0) is 0 Å². The first kappa shape index (κ1) is 14.5. The van der Waals surface area contributed by atoms with Crippen LogP contribution in [0.2, 0.25) is 0 Å². The van der Waals surface area contributed by atoms with E-state index in [1.165, 1.54) is 27.8 Å². The Morgan fingerprint density at radius 3 is 2.71 bits per heavy atom. The summed E-state index contributed by atoms with van der Waals surface area (Å²) in [6.07, 6.45) is 0. The minimum Gasteiger partial charge on any atom is -0.271 e. The summed E-state index contributed by atoms with van der Waals surface area (Å²) in [6.45, 7) is 0. The number of hydrazine groups is 1. The molecule has 0 aliphatic heterocycles. The molecule has 1 aromatic heterocycles. The van der Waals surface area contributed by atoms with Crippen molar-refractivity contribution >= 4 is 33.2 Å². The molecule has 3 aromatic rings. The molecular weight excluding hydrogens is 303 g/mol. The fraction of sp³-hybridized carbons (Fsp3) is 0.125. The summed E-state index contributed by atoms with van der Waals surface area (Å²) in [7, 11) is 0. The predicted octanol–water partition coefficient (Wildman–Crippen LogP) is 4.34. The normalized spacial score (nSPS) is 12.7. The first-order valence-electron chi connectivity index (χ1n) is 6.58. The summed E-state index contributed by atoms with van der Waals surface area (Å²) in [6, 6.07) is 15.0. The molecule has 21 heavy (non-hydrogen) atoms. The Kier molecular flexibility index (Phi) is 4.55. The van der Waals surface area contributed by atoms with Crippen molar-refractivity contribution in [3.05, 3.63) is 65.3 Å². The van der Waals surface area contributed by atoms with Crippen LogP contribution in [-0.4, -0.2) is 5.75 Å². The molecule has 0 bridgehead atoms. The lowest BCUT2D eigenvalue weighted by molar-refractivity contribution is 0.615. The molecule has 0 spiro atoms. The maximum atomic E-state index is 12.9. The Morgan fingerprint density at radius 2 is 1.95 bits per heavy atom. The first-order chi connectivity index (χ1) is 10.3. The number of nitrogens with one attached hydrogen (secondary N) is 1. The third-order valence-corrected chi connectivity index (χ3v) is 5.40. The number of halogens is 1. The summed E-state index contributed by atoms with van der Waals surface area (Å²) in [5.41, 5.74) is 4.10. The van der Waals surface area contributed by atoms with Crippen molar-refractivity contribution in [2.45, 2.75) is 10.9 Å². The van der Waals surface area contributed by atoms with Crippen molar-refractivity contribution in [2.24, 2.45) is 5.84 Å². The quantitative estimate of drug-likeness (QED) is 0.417. The zero-order valence-corrected chi connectivity index (χ0v) is 12.9. The molecule has 0 aliphatic rings. The van der Waals surface area contributed by atoms with Crippen LogP contribution in [0.5, 0.6) is 0 Å². The van der Waals surface area contributed by atoms with Crippen molar-refractivity contribution < 1.29 is 4.39 Å². The van der Waals surface area contributed by atoms with Gasteiger partial charge in [0.05, 0.1) is 6.04 Å². The van der Waals surface area contributed by atoms with E-state index in [1.807, 2.05) is 0 Å². The predicted molar refractivity (Wildman–Crippen MR) is 89.0 cm³/mol. The molecule has 2 aromatic carbocycles. The summed E-state index contributed by atoms with van der Waals surface area (Å²) < 4.78 is 14.2. The second-order valence-electron chi connectivity index (χ2n) is 4.67. The monoisotopic (exact) mass is 318 g/mol. The summed E-state index contributed by atoms with van der Waals surface area (Å²) in [4.78, 5) is 1.04. The number of fused-ring (bicyclic) bond motifs is 1. The van der Waals surface area contributed by atoms with Crippen molar-refractivity contribution in [3.8, 4) is 0 Å². The van der Waals surface area contributed by atoms with Crippen molar-refractivity contribution in [1.82, 2.24) is 5.43 Å². The van der Waals surface area contributed by atoms with E-state index < -0.39 is 0 Å². The lowest BCUT2D eigenvalue weighted by Crippen LogP contribution is -2.29. The fourth-order valence-corrected chi connectivity index (χ4v) is 4.16. The van der Waals surface area contributed by atoms with Gasteiger partial charge in [-0.15, -0.1) is 23.1 Å². The van der Waals surface area contributed by atoms with Crippen molar-refractivity contribution in [2.75, 3.05) is 5.75 Å². The van der Waals surface area contributed by atoms with Crippen LogP contribution in [0.25, 0.3) is 10.1 Å². The number of nitrogens with two attached hydrogens (primary N) is 1. The molecule has 0 radical (unpaired) electrons. The number of hydrogen-bond donors (Lipinski definition) is 2. The van der Waals surface area contributed by atoms with E-state index in [1.54, 1.807) is 35.2 Å². The number of benzene rings is 2. The summed E-state index contributed by atoms with van der Waals surface area (Å²) in [5, 5.41) is 3.33. The number of hydrogen-bond acceptors (Lipinski definition) is 4. The van der Waals surface area contributed by atoms with E-state index in [9.17, 15) is 4.39 Å². The average molecular weight is 318 g/mol. The van der Waals surface area contributed by atoms with Crippen LogP contribution < -0.4 is 11.3 Å². The molecule has 0 fully saturated rings. The molecule has 0 saturated heterocycles. The Hall–Kier alpha value is -1.40. The minimum atomic E-state index is -0.212. The Labute approximate surface area is 131 Å². The molecule has 108 valence electrons. The molecule has 0 aliphatic carbocycles. The van der Waals surface area contributed by atoms with E-state index >= 15 is 0 Å². The van der Waals surface area contributed by atoms with Crippen LogP contribution in [0.4, 0.5) is 4.39 Å². The zero-order chi connectivity index (χ0) is 14.7. The van der Waals surface area contributed by atoms with E-state index in [-0.39, 0.29) is 11.9 Å². The largest absolute Gasteiger partial charge is 0.271 e. The van der Waals surface area contributed by atoms with Crippen molar-refractivity contribution in [1.29, 1.82) is 0 Å². The van der Waals surface area contributed by atoms with E-state index in [0.29, 0.717) is 0 Å². The number of thiophene rings is 1. The van der Waals surface area contributed by atoms with Gasteiger partial charge in [-0.3, -0.25) is 11.3 Å². The third kappa shape index (κ3) is 3.27. The van der Waals surface area contributed by atoms with Crippen LogP contribution in [0.3, 0.4) is 0 Å². The van der Waals surface area contributed by atoms with Gasteiger partial charge < -0.3 is 0 Å². The molecule has 1 heterocycles. The van der Waals surface area contributed by atoms with Crippen LogP contribution in [0, 0.1) is 5.82 Å². The highest BCUT2D eigenvalue weighted by Crippen LogP contribution is 2.31. The van der Waals surface area contributed by atoms with Crippen LogP contribution >= 0.6 is 23.1 Å². The van der Waals surface area contributed by atoms with Gasteiger partial charge in [-0.2, -0.15) is 0 Å². The highest BCUT2D eigenvalue weighted by molar-refractivity contribution is 7.99.